The Kier molecular flexibility index (Phi) is 3.46. The molecule has 3 heterocycles. The molecule has 0 bridgehead atoms. The molecular formula is C16H16N4. The van der Waals surface area contributed by atoms with Gasteiger partial charge in [-0.3, -0.25) is 9.97 Å². The van der Waals surface area contributed by atoms with Gasteiger partial charge in [-0.1, -0.05) is 18.7 Å². The van der Waals surface area contributed by atoms with Crippen LogP contribution < -0.4 is 0 Å². The maximum absolute atomic E-state index is 4.34. The van der Waals surface area contributed by atoms with E-state index in [2.05, 4.69) is 26.3 Å². The zero-order valence-electron chi connectivity index (χ0n) is 11.2. The summed E-state index contributed by atoms with van der Waals surface area (Å²) in [6.07, 6.45) is 7.67. The predicted octanol–water partition coefficient (Wildman–Crippen LogP) is 2.74. The van der Waals surface area contributed by atoms with Gasteiger partial charge in [-0.25, -0.2) is 0 Å². The van der Waals surface area contributed by atoms with Gasteiger partial charge >= 0.3 is 0 Å². The molecule has 0 unspecified atom stereocenters. The van der Waals surface area contributed by atoms with Crippen molar-refractivity contribution < 1.29 is 0 Å². The van der Waals surface area contributed by atoms with Crippen molar-refractivity contribution in [1.82, 2.24) is 19.8 Å². The highest BCUT2D eigenvalue weighted by atomic mass is 15.4. The van der Waals surface area contributed by atoms with E-state index < -0.39 is 0 Å². The van der Waals surface area contributed by atoms with Crippen molar-refractivity contribution in [2.75, 3.05) is 0 Å². The first-order valence-corrected chi connectivity index (χ1v) is 6.53. The molecule has 4 nitrogen and oxygen atoms in total. The lowest BCUT2D eigenvalue weighted by Crippen LogP contribution is -2.22. The fraction of sp³-hybridized carbons (Fsp3) is 0.125. The molecule has 0 radical (unpaired) electrons. The second-order valence-corrected chi connectivity index (χ2v) is 4.61. The third-order valence-electron chi connectivity index (χ3n) is 3.21. The van der Waals surface area contributed by atoms with Gasteiger partial charge in [-0.2, -0.15) is 0 Å². The van der Waals surface area contributed by atoms with E-state index in [1.165, 1.54) is 0 Å². The highest BCUT2D eigenvalue weighted by Gasteiger charge is 2.18. The molecule has 3 rings (SSSR count). The van der Waals surface area contributed by atoms with Gasteiger partial charge in [0.25, 0.3) is 0 Å². The van der Waals surface area contributed by atoms with Gasteiger partial charge in [0.2, 0.25) is 0 Å². The summed E-state index contributed by atoms with van der Waals surface area (Å²) >= 11 is 0. The Labute approximate surface area is 118 Å². The van der Waals surface area contributed by atoms with Crippen molar-refractivity contribution >= 4 is 0 Å². The van der Waals surface area contributed by atoms with Crippen LogP contribution in [0.4, 0.5) is 0 Å². The summed E-state index contributed by atoms with van der Waals surface area (Å²) in [4.78, 5) is 12.9. The first kappa shape index (κ1) is 12.4. The molecule has 20 heavy (non-hydrogen) atoms. The Balaban J connectivity index is 1.65. The molecule has 2 aromatic heterocycles. The molecular weight excluding hydrogens is 248 g/mol. The Morgan fingerprint density at radius 3 is 1.70 bits per heavy atom. The van der Waals surface area contributed by atoms with Crippen molar-refractivity contribution in [2.45, 2.75) is 13.1 Å². The normalized spacial score (nSPS) is 14.1. The van der Waals surface area contributed by atoms with E-state index in [-0.39, 0.29) is 0 Å². The summed E-state index contributed by atoms with van der Waals surface area (Å²) in [5, 5.41) is 0. The molecule has 2 aromatic rings. The van der Waals surface area contributed by atoms with Crippen molar-refractivity contribution in [3.05, 3.63) is 85.0 Å². The van der Waals surface area contributed by atoms with Gasteiger partial charge in [-0.05, 0) is 24.3 Å². The summed E-state index contributed by atoms with van der Waals surface area (Å²) in [5.41, 5.74) is 2.05. The zero-order chi connectivity index (χ0) is 13.8. The number of rotatable bonds is 4. The second kappa shape index (κ2) is 5.57. The molecule has 0 saturated heterocycles. The van der Waals surface area contributed by atoms with E-state index in [4.69, 9.17) is 0 Å². The van der Waals surface area contributed by atoms with Gasteiger partial charge in [0.15, 0.2) is 0 Å². The Morgan fingerprint density at radius 1 is 0.800 bits per heavy atom. The molecule has 1 aliphatic heterocycles. The van der Waals surface area contributed by atoms with Crippen molar-refractivity contribution in [3.63, 3.8) is 0 Å². The van der Waals surface area contributed by atoms with E-state index in [1.807, 2.05) is 61.2 Å². The standard InChI is InChI=1S/C16H16N4/c1-14-19(12-15-6-2-4-8-17-15)10-11-20(14)13-16-7-3-5-9-18-16/h2-11H,1,12-13H2. The lowest BCUT2D eigenvalue weighted by Gasteiger charge is -2.23. The van der Waals surface area contributed by atoms with Crippen molar-refractivity contribution in [1.29, 1.82) is 0 Å². The molecule has 0 aromatic carbocycles. The lowest BCUT2D eigenvalue weighted by atomic mass is 10.3. The van der Waals surface area contributed by atoms with Crippen molar-refractivity contribution in [3.8, 4) is 0 Å². The number of nitrogens with zero attached hydrogens (tertiary/aromatic N) is 4. The van der Waals surface area contributed by atoms with Crippen LogP contribution in [0.5, 0.6) is 0 Å². The minimum Gasteiger partial charge on any atom is -0.327 e. The number of pyridine rings is 2. The minimum atomic E-state index is 0.731. The highest BCUT2D eigenvalue weighted by Crippen LogP contribution is 2.21. The Morgan fingerprint density at radius 2 is 1.30 bits per heavy atom. The van der Waals surface area contributed by atoms with Crippen molar-refractivity contribution in [2.24, 2.45) is 0 Å². The van der Waals surface area contributed by atoms with Gasteiger partial charge in [0.1, 0.15) is 5.82 Å². The fourth-order valence-electron chi connectivity index (χ4n) is 2.12. The molecule has 1 aliphatic rings. The third kappa shape index (κ3) is 2.69. The summed E-state index contributed by atoms with van der Waals surface area (Å²) in [5.74, 6) is 0.946. The highest BCUT2D eigenvalue weighted by molar-refractivity contribution is 5.16. The molecule has 100 valence electrons. The summed E-state index contributed by atoms with van der Waals surface area (Å²) < 4.78 is 0. The number of aromatic nitrogens is 2. The summed E-state index contributed by atoms with van der Waals surface area (Å²) in [6.45, 7) is 5.61. The molecule has 4 heteroatoms. The van der Waals surface area contributed by atoms with Crippen LogP contribution >= 0.6 is 0 Å². The fourth-order valence-corrected chi connectivity index (χ4v) is 2.12. The average Bonchev–Trinajstić information content (AvgIpc) is 2.83. The van der Waals surface area contributed by atoms with E-state index >= 15 is 0 Å². The van der Waals surface area contributed by atoms with Gasteiger partial charge < -0.3 is 9.80 Å². The Bertz CT molecular complexity index is 553. The van der Waals surface area contributed by atoms with Crippen LogP contribution in [0, 0.1) is 0 Å². The predicted molar refractivity (Wildman–Crippen MR) is 77.8 cm³/mol. The van der Waals surface area contributed by atoms with E-state index in [0.29, 0.717) is 0 Å². The molecule has 0 atom stereocenters. The minimum absolute atomic E-state index is 0.731. The van der Waals surface area contributed by atoms with Gasteiger partial charge in [0, 0.05) is 24.8 Å². The number of hydrogen-bond donors (Lipinski definition) is 0. The molecule has 0 N–H and O–H groups in total. The monoisotopic (exact) mass is 264 g/mol. The SMILES string of the molecule is C=C1N(Cc2ccccn2)C=CN1Cc1ccccn1. The van der Waals surface area contributed by atoms with Gasteiger partial charge in [-0.15, -0.1) is 0 Å². The zero-order valence-corrected chi connectivity index (χ0v) is 11.2. The third-order valence-corrected chi connectivity index (χ3v) is 3.21. The molecule has 0 amide bonds. The van der Waals surface area contributed by atoms with Crippen LogP contribution in [0.3, 0.4) is 0 Å². The van der Waals surface area contributed by atoms with Gasteiger partial charge in [0.05, 0.1) is 24.5 Å². The smallest absolute Gasteiger partial charge is 0.105 e. The van der Waals surface area contributed by atoms with E-state index in [1.54, 1.807) is 0 Å². The van der Waals surface area contributed by atoms with Crippen LogP contribution in [0.25, 0.3) is 0 Å². The topological polar surface area (TPSA) is 32.3 Å². The number of hydrogen-bond acceptors (Lipinski definition) is 4. The summed E-state index contributed by atoms with van der Waals surface area (Å²) in [6, 6.07) is 11.9. The van der Waals surface area contributed by atoms with Crippen LogP contribution in [0.2, 0.25) is 0 Å². The second-order valence-electron chi connectivity index (χ2n) is 4.61. The maximum Gasteiger partial charge on any atom is 0.105 e. The van der Waals surface area contributed by atoms with Crippen LogP contribution in [0.1, 0.15) is 11.4 Å². The molecule has 0 saturated carbocycles. The summed E-state index contributed by atoms with van der Waals surface area (Å²) in [7, 11) is 0. The first-order chi connectivity index (χ1) is 9.83. The molecule has 0 spiro atoms. The van der Waals surface area contributed by atoms with E-state index in [0.717, 1.165) is 30.3 Å². The largest absolute Gasteiger partial charge is 0.327 e. The average molecular weight is 264 g/mol. The molecule has 0 aliphatic carbocycles. The van der Waals surface area contributed by atoms with Crippen LogP contribution in [-0.2, 0) is 13.1 Å². The quantitative estimate of drug-likeness (QED) is 0.850. The first-order valence-electron chi connectivity index (χ1n) is 6.53. The Hall–Kier alpha value is -2.62. The van der Waals surface area contributed by atoms with E-state index in [9.17, 15) is 0 Å². The van der Waals surface area contributed by atoms with Crippen LogP contribution in [-0.4, -0.2) is 19.8 Å². The molecule has 0 fully saturated rings. The lowest BCUT2D eigenvalue weighted by molar-refractivity contribution is 0.345. The maximum atomic E-state index is 4.34. The van der Waals surface area contributed by atoms with Crippen LogP contribution in [0.15, 0.2) is 73.6 Å².